The summed E-state index contributed by atoms with van der Waals surface area (Å²) in [5.74, 6) is 0.897. The summed E-state index contributed by atoms with van der Waals surface area (Å²) >= 11 is 3.46. The van der Waals surface area contributed by atoms with Gasteiger partial charge >= 0.3 is 0 Å². The molecule has 0 atom stereocenters. The molecule has 0 amide bonds. The molecule has 0 saturated carbocycles. The van der Waals surface area contributed by atoms with Crippen molar-refractivity contribution in [2.75, 3.05) is 5.73 Å². The van der Waals surface area contributed by atoms with Gasteiger partial charge in [0.25, 0.3) is 0 Å². The van der Waals surface area contributed by atoms with Crippen LogP contribution in [-0.2, 0) is 0 Å². The first kappa shape index (κ1) is 10.4. The van der Waals surface area contributed by atoms with Crippen LogP contribution in [0.2, 0.25) is 0 Å². The summed E-state index contributed by atoms with van der Waals surface area (Å²) in [5.41, 5.74) is 8.64. The molecule has 2 aromatic heterocycles. The number of imidazole rings is 1. The molecular weight excluding hydrogens is 278 g/mol. The van der Waals surface area contributed by atoms with Crippen molar-refractivity contribution in [2.45, 2.75) is 0 Å². The minimum absolute atomic E-state index is 0.737. The van der Waals surface area contributed by atoms with Crippen molar-refractivity contribution in [3.63, 3.8) is 0 Å². The lowest BCUT2D eigenvalue weighted by Crippen LogP contribution is -1.92. The van der Waals surface area contributed by atoms with Gasteiger partial charge in [-0.1, -0.05) is 28.1 Å². The summed E-state index contributed by atoms with van der Waals surface area (Å²) in [4.78, 5) is 4.43. The Morgan fingerprint density at radius 2 is 2.06 bits per heavy atom. The smallest absolute Gasteiger partial charge is 0.144 e. The fourth-order valence-electron chi connectivity index (χ4n) is 1.88. The Balaban J connectivity index is 2.28. The van der Waals surface area contributed by atoms with Crippen LogP contribution in [-0.4, -0.2) is 9.38 Å². The number of hydrogen-bond donors (Lipinski definition) is 1. The van der Waals surface area contributed by atoms with E-state index in [2.05, 4.69) is 20.9 Å². The van der Waals surface area contributed by atoms with Crippen LogP contribution in [0.1, 0.15) is 0 Å². The number of aromatic nitrogens is 2. The van der Waals surface area contributed by atoms with Gasteiger partial charge in [-0.15, -0.1) is 0 Å². The van der Waals surface area contributed by atoms with E-state index in [9.17, 15) is 0 Å². The molecule has 0 aliphatic rings. The third-order valence-electron chi connectivity index (χ3n) is 2.69. The molecule has 3 aromatic rings. The van der Waals surface area contributed by atoms with Crippen molar-refractivity contribution in [1.82, 2.24) is 9.38 Å². The number of rotatable bonds is 1. The van der Waals surface area contributed by atoms with Gasteiger partial charge < -0.3 is 5.73 Å². The fraction of sp³-hybridized carbons (Fsp3) is 0. The highest BCUT2D eigenvalue weighted by Gasteiger charge is 2.07. The van der Waals surface area contributed by atoms with Gasteiger partial charge in [-0.3, -0.25) is 4.40 Å². The van der Waals surface area contributed by atoms with Crippen LogP contribution < -0.4 is 5.73 Å². The summed E-state index contributed by atoms with van der Waals surface area (Å²) in [5, 5.41) is 0. The van der Waals surface area contributed by atoms with E-state index in [-0.39, 0.29) is 0 Å². The van der Waals surface area contributed by atoms with Gasteiger partial charge in [0.15, 0.2) is 0 Å². The molecular formula is C13H10BrN3. The van der Waals surface area contributed by atoms with Gasteiger partial charge in [-0.25, -0.2) is 4.98 Å². The van der Waals surface area contributed by atoms with E-state index in [1.807, 2.05) is 47.0 Å². The molecule has 2 heterocycles. The van der Waals surface area contributed by atoms with Crippen molar-refractivity contribution >= 4 is 27.1 Å². The average Bonchev–Trinajstić information content (AvgIpc) is 2.74. The third-order valence-corrected chi connectivity index (χ3v) is 3.18. The summed E-state index contributed by atoms with van der Waals surface area (Å²) in [6, 6.07) is 11.9. The molecule has 0 spiro atoms. The first-order chi connectivity index (χ1) is 8.25. The average molecular weight is 288 g/mol. The van der Waals surface area contributed by atoms with Crippen LogP contribution in [0.15, 0.2) is 53.3 Å². The Bertz CT molecular complexity index is 688. The number of nitrogens with two attached hydrogens (primary N) is 1. The lowest BCUT2D eigenvalue weighted by molar-refractivity contribution is 1.16. The predicted molar refractivity (Wildman–Crippen MR) is 72.7 cm³/mol. The van der Waals surface area contributed by atoms with Gasteiger partial charge in [0, 0.05) is 16.2 Å². The van der Waals surface area contributed by atoms with Crippen LogP contribution in [0.3, 0.4) is 0 Å². The molecule has 0 unspecified atom stereocenters. The van der Waals surface area contributed by atoms with Crippen LogP contribution in [0.4, 0.5) is 5.69 Å². The zero-order valence-electron chi connectivity index (χ0n) is 8.97. The lowest BCUT2D eigenvalue weighted by Gasteiger charge is -2.03. The van der Waals surface area contributed by atoms with E-state index >= 15 is 0 Å². The number of nitrogen functional groups attached to an aromatic ring is 1. The Morgan fingerprint density at radius 1 is 1.18 bits per heavy atom. The highest BCUT2D eigenvalue weighted by atomic mass is 79.9. The quantitative estimate of drug-likeness (QED) is 0.746. The van der Waals surface area contributed by atoms with Crippen molar-refractivity contribution in [3.05, 3.63) is 53.3 Å². The van der Waals surface area contributed by atoms with Crippen LogP contribution in [0, 0.1) is 0 Å². The summed E-state index contributed by atoms with van der Waals surface area (Å²) in [6.07, 6.45) is 3.76. The highest BCUT2D eigenvalue weighted by Crippen LogP contribution is 2.24. The third kappa shape index (κ3) is 1.70. The van der Waals surface area contributed by atoms with Gasteiger partial charge in [0.2, 0.25) is 0 Å². The van der Waals surface area contributed by atoms with Crippen LogP contribution >= 0.6 is 15.9 Å². The van der Waals surface area contributed by atoms with Crippen LogP contribution in [0.5, 0.6) is 0 Å². The van der Waals surface area contributed by atoms with Gasteiger partial charge in [-0.2, -0.15) is 0 Å². The standard InChI is InChI=1S/C13H10BrN3/c14-10-4-1-3-9(7-10)13-16-8-12-11(15)5-2-6-17(12)13/h1-8H,15H2. The molecule has 2 N–H and O–H groups in total. The highest BCUT2D eigenvalue weighted by molar-refractivity contribution is 9.10. The molecule has 84 valence electrons. The molecule has 0 fully saturated rings. The number of fused-ring (bicyclic) bond motifs is 1. The van der Waals surface area contributed by atoms with E-state index in [0.29, 0.717) is 0 Å². The Labute approximate surface area is 107 Å². The fourth-order valence-corrected chi connectivity index (χ4v) is 2.28. The maximum absolute atomic E-state index is 5.91. The number of halogens is 1. The van der Waals surface area contributed by atoms with E-state index in [1.165, 1.54) is 0 Å². The molecule has 17 heavy (non-hydrogen) atoms. The maximum Gasteiger partial charge on any atom is 0.144 e. The van der Waals surface area contributed by atoms with Crippen LogP contribution in [0.25, 0.3) is 16.9 Å². The molecule has 3 rings (SSSR count). The second-order valence-corrected chi connectivity index (χ2v) is 4.73. The molecule has 0 aliphatic carbocycles. The minimum Gasteiger partial charge on any atom is -0.397 e. The predicted octanol–water partition coefficient (Wildman–Crippen LogP) is 3.35. The zero-order chi connectivity index (χ0) is 11.8. The molecule has 0 saturated heterocycles. The lowest BCUT2D eigenvalue weighted by atomic mass is 10.2. The Morgan fingerprint density at radius 3 is 2.88 bits per heavy atom. The number of nitrogens with zero attached hydrogens (tertiary/aromatic N) is 2. The normalized spacial score (nSPS) is 10.9. The Kier molecular flexibility index (Phi) is 2.37. The summed E-state index contributed by atoms with van der Waals surface area (Å²) < 4.78 is 3.03. The SMILES string of the molecule is Nc1cccn2c(-c3cccc(Br)c3)ncc12. The number of pyridine rings is 1. The monoisotopic (exact) mass is 287 g/mol. The van der Waals surface area contributed by atoms with Gasteiger partial charge in [-0.05, 0) is 24.3 Å². The molecule has 0 radical (unpaired) electrons. The first-order valence-corrected chi connectivity index (χ1v) is 6.02. The molecule has 1 aromatic carbocycles. The number of anilines is 1. The topological polar surface area (TPSA) is 43.3 Å². The maximum atomic E-state index is 5.91. The largest absolute Gasteiger partial charge is 0.397 e. The van der Waals surface area contributed by atoms with Gasteiger partial charge in [0.1, 0.15) is 5.82 Å². The molecule has 3 nitrogen and oxygen atoms in total. The van der Waals surface area contributed by atoms with Gasteiger partial charge in [0.05, 0.1) is 17.4 Å². The summed E-state index contributed by atoms with van der Waals surface area (Å²) in [7, 11) is 0. The second-order valence-electron chi connectivity index (χ2n) is 3.81. The van der Waals surface area contributed by atoms with Crippen molar-refractivity contribution < 1.29 is 0 Å². The summed E-state index contributed by atoms with van der Waals surface area (Å²) in [6.45, 7) is 0. The van der Waals surface area contributed by atoms with Crippen molar-refractivity contribution in [1.29, 1.82) is 0 Å². The first-order valence-electron chi connectivity index (χ1n) is 5.23. The zero-order valence-corrected chi connectivity index (χ0v) is 10.6. The van der Waals surface area contributed by atoms with Crippen molar-refractivity contribution in [2.24, 2.45) is 0 Å². The molecule has 0 bridgehead atoms. The van der Waals surface area contributed by atoms with E-state index in [1.54, 1.807) is 6.20 Å². The molecule has 0 aliphatic heterocycles. The van der Waals surface area contributed by atoms with E-state index in [0.717, 1.165) is 27.1 Å². The number of benzene rings is 1. The minimum atomic E-state index is 0.737. The van der Waals surface area contributed by atoms with E-state index in [4.69, 9.17) is 5.73 Å². The number of hydrogen-bond acceptors (Lipinski definition) is 2. The van der Waals surface area contributed by atoms with Crippen molar-refractivity contribution in [3.8, 4) is 11.4 Å². The molecule has 4 heteroatoms. The van der Waals surface area contributed by atoms with E-state index < -0.39 is 0 Å². The second kappa shape index (κ2) is 3.89. The Hall–Kier alpha value is -1.81.